The number of fused-ring (bicyclic) bond motifs is 1. The smallest absolute Gasteiger partial charge is 0.307 e. The highest BCUT2D eigenvalue weighted by Gasteiger charge is 2.46. The van der Waals surface area contributed by atoms with E-state index >= 15 is 0 Å². The molecule has 11 heteroatoms. The van der Waals surface area contributed by atoms with Crippen molar-refractivity contribution < 1.29 is 19.4 Å². The topological polar surface area (TPSA) is 127 Å². The Labute approximate surface area is 282 Å². The number of carboxylic acid groups (broad SMARTS) is 1. The average Bonchev–Trinajstić information content (AvgIpc) is 3.70. The van der Waals surface area contributed by atoms with E-state index in [0.717, 1.165) is 33.8 Å². The standard InChI is InChI=1S/C36H34ClN5O4S/c1-22-28(29-5-2-3-7-30(29)37)6-4-10-36(22,47-32-15-23(8-11-39-32)17-42-20-27(43)21-42)35-40-31-14-24(13-26(16-38)33(31)46-35)18-41-12-9-25(19-41)34(44)45/h2-8,10-11,13-15,22,25,27,43H,9,12,17-21H2,1H3,(H,44,45)/t22?,25-,36?/m1/s1. The number of carboxylic acids is 1. The van der Waals surface area contributed by atoms with Crippen LogP contribution < -0.4 is 0 Å². The van der Waals surface area contributed by atoms with Gasteiger partial charge in [-0.1, -0.05) is 66.7 Å². The molecule has 47 heavy (non-hydrogen) atoms. The second-order valence-corrected chi connectivity index (χ2v) is 14.3. The quantitative estimate of drug-likeness (QED) is 0.216. The molecule has 0 amide bonds. The fourth-order valence-electron chi connectivity index (χ4n) is 6.83. The summed E-state index contributed by atoms with van der Waals surface area (Å²) in [4.78, 5) is 25.6. The first-order valence-corrected chi connectivity index (χ1v) is 16.9. The van der Waals surface area contributed by atoms with E-state index in [1.807, 2.05) is 54.7 Å². The van der Waals surface area contributed by atoms with Gasteiger partial charge in [-0.2, -0.15) is 5.26 Å². The summed E-state index contributed by atoms with van der Waals surface area (Å²) in [7, 11) is 0. The molecular formula is C36H34ClN5O4S. The maximum atomic E-state index is 11.5. The normalized spacial score (nSPS) is 23.5. The minimum atomic E-state index is -0.836. The third-order valence-electron chi connectivity index (χ3n) is 9.36. The van der Waals surface area contributed by atoms with Gasteiger partial charge in [0.25, 0.3) is 0 Å². The van der Waals surface area contributed by atoms with E-state index in [0.29, 0.717) is 66.7 Å². The average molecular weight is 668 g/mol. The van der Waals surface area contributed by atoms with E-state index in [2.05, 4.69) is 41.0 Å². The second kappa shape index (κ2) is 12.9. The van der Waals surface area contributed by atoms with Gasteiger partial charge in [0.15, 0.2) is 5.58 Å². The van der Waals surface area contributed by atoms with E-state index in [1.165, 1.54) is 0 Å². The molecule has 9 nitrogen and oxygen atoms in total. The van der Waals surface area contributed by atoms with Gasteiger partial charge in [0.05, 0.1) is 22.6 Å². The molecule has 240 valence electrons. The van der Waals surface area contributed by atoms with Crippen LogP contribution in [0.3, 0.4) is 0 Å². The Morgan fingerprint density at radius 2 is 1.96 bits per heavy atom. The lowest BCUT2D eigenvalue weighted by Crippen LogP contribution is -2.49. The number of halogens is 1. The number of likely N-dealkylation sites (tertiary alicyclic amines) is 2. The Kier molecular flexibility index (Phi) is 8.68. The van der Waals surface area contributed by atoms with Crippen molar-refractivity contribution in [2.45, 2.75) is 42.3 Å². The number of carbonyl (C=O) groups is 1. The van der Waals surface area contributed by atoms with Crippen LogP contribution in [0.1, 0.15) is 41.5 Å². The van der Waals surface area contributed by atoms with Crippen molar-refractivity contribution in [3.05, 3.63) is 106 Å². The van der Waals surface area contributed by atoms with Crippen LogP contribution in [0.4, 0.5) is 0 Å². The van der Waals surface area contributed by atoms with Crippen molar-refractivity contribution in [2.24, 2.45) is 11.8 Å². The molecule has 2 N–H and O–H groups in total. The lowest BCUT2D eigenvalue weighted by molar-refractivity contribution is -0.141. The second-order valence-electron chi connectivity index (χ2n) is 12.6. The number of nitrogens with zero attached hydrogens (tertiary/aromatic N) is 5. The monoisotopic (exact) mass is 667 g/mol. The molecular weight excluding hydrogens is 634 g/mol. The van der Waals surface area contributed by atoms with Gasteiger partial charge in [0.2, 0.25) is 5.89 Å². The number of thioether (sulfide) groups is 1. The molecule has 4 heterocycles. The summed E-state index contributed by atoms with van der Waals surface area (Å²) in [5, 5.41) is 30.8. The highest BCUT2D eigenvalue weighted by molar-refractivity contribution is 8.00. The van der Waals surface area contributed by atoms with Crippen molar-refractivity contribution >= 4 is 46.0 Å². The number of aliphatic hydroxyl groups is 1. The molecule has 1 aliphatic carbocycles. The van der Waals surface area contributed by atoms with Crippen LogP contribution in [0.2, 0.25) is 5.02 Å². The van der Waals surface area contributed by atoms with Crippen LogP contribution in [0.5, 0.6) is 0 Å². The maximum Gasteiger partial charge on any atom is 0.307 e. The highest BCUT2D eigenvalue weighted by atomic mass is 35.5. The van der Waals surface area contributed by atoms with Crippen LogP contribution in [-0.4, -0.2) is 68.2 Å². The van der Waals surface area contributed by atoms with Crippen LogP contribution in [0.25, 0.3) is 16.7 Å². The molecule has 0 radical (unpaired) electrons. The zero-order chi connectivity index (χ0) is 32.7. The summed E-state index contributed by atoms with van der Waals surface area (Å²) in [6.07, 6.45) is 8.32. The SMILES string of the molecule is CC1C(c2ccccc2Cl)=CC=CC1(Sc1cc(CN2CC(O)C2)ccn1)c1nc2cc(CN3CC[C@@H](C(=O)O)C3)cc(C#N)c2o1. The summed E-state index contributed by atoms with van der Waals surface area (Å²) in [5.41, 5.74) is 5.32. The predicted octanol–water partition coefficient (Wildman–Crippen LogP) is 6.11. The predicted molar refractivity (Wildman–Crippen MR) is 181 cm³/mol. The molecule has 3 atom stereocenters. The number of pyridine rings is 1. The molecule has 2 aromatic carbocycles. The van der Waals surface area contributed by atoms with Crippen molar-refractivity contribution in [3.8, 4) is 6.07 Å². The largest absolute Gasteiger partial charge is 0.481 e. The Balaban J connectivity index is 1.28. The maximum absolute atomic E-state index is 11.5. The van der Waals surface area contributed by atoms with Gasteiger partial charge in [-0.25, -0.2) is 9.97 Å². The van der Waals surface area contributed by atoms with Crippen molar-refractivity contribution in [1.82, 2.24) is 19.8 Å². The molecule has 0 spiro atoms. The molecule has 0 saturated carbocycles. The lowest BCUT2D eigenvalue weighted by Gasteiger charge is -2.37. The summed E-state index contributed by atoms with van der Waals surface area (Å²) in [6.45, 7) is 5.85. The zero-order valence-electron chi connectivity index (χ0n) is 25.8. The molecule has 2 aliphatic heterocycles. The number of hydrogen-bond donors (Lipinski definition) is 2. The number of β-amino-alcohol motifs (C(OH)–C–C–N with tert-alkyl or cyclic N) is 1. The van der Waals surface area contributed by atoms with Crippen LogP contribution >= 0.6 is 23.4 Å². The van der Waals surface area contributed by atoms with Crippen molar-refractivity contribution in [2.75, 3.05) is 26.2 Å². The minimum Gasteiger partial charge on any atom is -0.481 e. The first-order valence-electron chi connectivity index (χ1n) is 15.7. The van der Waals surface area contributed by atoms with Crippen molar-refractivity contribution in [1.29, 1.82) is 5.26 Å². The first-order chi connectivity index (χ1) is 22.7. The Hall–Kier alpha value is -3.98. The van der Waals surface area contributed by atoms with Crippen LogP contribution in [-0.2, 0) is 22.6 Å². The van der Waals surface area contributed by atoms with E-state index < -0.39 is 10.7 Å². The molecule has 2 aromatic heterocycles. The summed E-state index contributed by atoms with van der Waals surface area (Å²) in [6, 6.07) is 17.9. The van der Waals surface area contributed by atoms with Crippen molar-refractivity contribution in [3.63, 3.8) is 0 Å². The zero-order valence-corrected chi connectivity index (χ0v) is 27.4. The minimum absolute atomic E-state index is 0.163. The number of aliphatic hydroxyl groups excluding tert-OH is 1. The summed E-state index contributed by atoms with van der Waals surface area (Å²) >= 11 is 8.27. The van der Waals surface area contributed by atoms with Gasteiger partial charge in [-0.05, 0) is 65.6 Å². The Morgan fingerprint density at radius 1 is 1.15 bits per heavy atom. The van der Waals surface area contributed by atoms with E-state index in [4.69, 9.17) is 26.0 Å². The number of aliphatic carboxylic acids is 1. The summed E-state index contributed by atoms with van der Waals surface area (Å²) in [5.74, 6) is -0.861. The third kappa shape index (κ3) is 6.22. The molecule has 2 saturated heterocycles. The number of benzene rings is 2. The highest BCUT2D eigenvalue weighted by Crippen LogP contribution is 2.54. The number of hydrogen-bond acceptors (Lipinski definition) is 9. The molecule has 3 aliphatic rings. The Bertz CT molecular complexity index is 1950. The fraction of sp³-hybridized carbons (Fsp3) is 0.333. The number of nitriles is 1. The summed E-state index contributed by atoms with van der Waals surface area (Å²) < 4.78 is 5.74. The third-order valence-corrected chi connectivity index (χ3v) is 11.1. The fourth-order valence-corrected chi connectivity index (χ4v) is 8.37. The number of oxazole rings is 1. The molecule has 7 rings (SSSR count). The number of rotatable bonds is 9. The van der Waals surface area contributed by atoms with Gasteiger partial charge in [-0.3, -0.25) is 14.6 Å². The van der Waals surface area contributed by atoms with Gasteiger partial charge >= 0.3 is 5.97 Å². The first kappa shape index (κ1) is 31.6. The Morgan fingerprint density at radius 3 is 2.70 bits per heavy atom. The lowest BCUT2D eigenvalue weighted by atomic mass is 9.79. The van der Waals surface area contributed by atoms with E-state index in [9.17, 15) is 20.3 Å². The van der Waals surface area contributed by atoms with Gasteiger partial charge in [-0.15, -0.1) is 0 Å². The van der Waals surface area contributed by atoms with Gasteiger partial charge in [0.1, 0.15) is 16.3 Å². The number of allylic oxidation sites excluding steroid dienone is 3. The molecule has 4 aromatic rings. The number of aromatic nitrogens is 2. The van der Waals surface area contributed by atoms with E-state index in [1.54, 1.807) is 11.8 Å². The molecule has 2 unspecified atom stereocenters. The van der Waals surface area contributed by atoms with Gasteiger partial charge < -0.3 is 14.6 Å². The molecule has 2 fully saturated rings. The van der Waals surface area contributed by atoms with Crippen LogP contribution in [0.15, 0.2) is 82.4 Å². The van der Waals surface area contributed by atoms with Crippen LogP contribution in [0, 0.1) is 23.2 Å². The van der Waals surface area contributed by atoms with Gasteiger partial charge in [0, 0.05) is 49.9 Å². The van der Waals surface area contributed by atoms with E-state index in [-0.39, 0.29) is 17.9 Å². The molecule has 0 bridgehead atoms.